The first kappa shape index (κ1) is 15.5. The van der Waals surface area contributed by atoms with Crippen molar-refractivity contribution < 1.29 is 9.90 Å². The summed E-state index contributed by atoms with van der Waals surface area (Å²) in [4.78, 5) is 12.8. The van der Waals surface area contributed by atoms with E-state index in [4.69, 9.17) is 11.6 Å². The van der Waals surface area contributed by atoms with Crippen LogP contribution in [0.25, 0.3) is 16.7 Å². The van der Waals surface area contributed by atoms with Crippen LogP contribution in [0.1, 0.15) is 30.4 Å². The minimum absolute atomic E-state index is 0.0829. The van der Waals surface area contributed by atoms with Gasteiger partial charge in [0.05, 0.1) is 5.57 Å². The third kappa shape index (κ3) is 2.46. The maximum Gasteiger partial charge on any atom is 0.169 e. The van der Waals surface area contributed by atoms with Gasteiger partial charge in [0.1, 0.15) is 5.76 Å². The lowest BCUT2D eigenvalue weighted by atomic mass is 9.81. The van der Waals surface area contributed by atoms with Crippen LogP contribution in [-0.2, 0) is 4.79 Å². The molecule has 0 aliphatic heterocycles. The zero-order valence-electron chi connectivity index (χ0n) is 13.6. The second-order valence-electron chi connectivity index (χ2n) is 6.87. The molecule has 2 aromatic rings. The highest BCUT2D eigenvalue weighted by molar-refractivity contribution is 6.30. The van der Waals surface area contributed by atoms with E-state index < -0.39 is 0 Å². The topological polar surface area (TPSA) is 37.3 Å². The summed E-state index contributed by atoms with van der Waals surface area (Å²) < 4.78 is 0. The zero-order valence-corrected chi connectivity index (χ0v) is 14.3. The monoisotopic (exact) mass is 338 g/mol. The van der Waals surface area contributed by atoms with E-state index in [-0.39, 0.29) is 17.6 Å². The van der Waals surface area contributed by atoms with Crippen molar-refractivity contribution in [2.24, 2.45) is 11.8 Å². The van der Waals surface area contributed by atoms with Gasteiger partial charge in [-0.3, -0.25) is 4.79 Å². The number of aliphatic hydroxyl groups is 1. The van der Waals surface area contributed by atoms with Gasteiger partial charge in [0.15, 0.2) is 5.78 Å². The van der Waals surface area contributed by atoms with Gasteiger partial charge in [0, 0.05) is 16.9 Å². The van der Waals surface area contributed by atoms with Gasteiger partial charge in [-0.25, -0.2) is 0 Å². The van der Waals surface area contributed by atoms with E-state index in [1.54, 1.807) is 0 Å². The van der Waals surface area contributed by atoms with Crippen LogP contribution in [0.5, 0.6) is 0 Å². The average Bonchev–Trinajstić information content (AvgIpc) is 3.03. The van der Waals surface area contributed by atoms with Crippen LogP contribution >= 0.6 is 11.6 Å². The van der Waals surface area contributed by atoms with E-state index in [0.29, 0.717) is 16.4 Å². The molecule has 0 radical (unpaired) electrons. The fraction of sp³-hybridized carbons (Fsp3) is 0.286. The molecule has 2 atom stereocenters. The minimum Gasteiger partial charge on any atom is -0.511 e. The number of halogens is 1. The van der Waals surface area contributed by atoms with Crippen molar-refractivity contribution in [1.29, 1.82) is 0 Å². The summed E-state index contributed by atoms with van der Waals surface area (Å²) in [5.41, 5.74) is 4.50. The molecular weight excluding hydrogens is 320 g/mol. The van der Waals surface area contributed by atoms with Crippen LogP contribution in [0.4, 0.5) is 0 Å². The van der Waals surface area contributed by atoms with Crippen LogP contribution in [-0.4, -0.2) is 10.9 Å². The molecule has 4 rings (SSSR count). The van der Waals surface area contributed by atoms with Gasteiger partial charge in [-0.1, -0.05) is 35.9 Å². The molecule has 0 aromatic heterocycles. The lowest BCUT2D eigenvalue weighted by molar-refractivity contribution is -0.117. The lowest BCUT2D eigenvalue weighted by Gasteiger charge is -2.23. The quantitative estimate of drug-likeness (QED) is 0.775. The Morgan fingerprint density at radius 3 is 2.42 bits per heavy atom. The summed E-state index contributed by atoms with van der Waals surface area (Å²) in [5.74, 6) is 0.642. The number of allylic oxidation sites excluding steroid dienone is 2. The molecule has 2 nitrogen and oxygen atoms in total. The fourth-order valence-corrected chi connectivity index (χ4v) is 4.11. The van der Waals surface area contributed by atoms with E-state index >= 15 is 0 Å². The molecule has 3 heteroatoms. The summed E-state index contributed by atoms with van der Waals surface area (Å²) in [6.45, 7) is 1.99. The van der Waals surface area contributed by atoms with Crippen molar-refractivity contribution in [2.75, 3.05) is 0 Å². The Bertz CT molecular complexity index is 849. The Morgan fingerprint density at radius 1 is 1.00 bits per heavy atom. The molecule has 1 fully saturated rings. The smallest absolute Gasteiger partial charge is 0.169 e. The highest BCUT2D eigenvalue weighted by Crippen LogP contribution is 2.46. The molecule has 2 aromatic carbocycles. The van der Waals surface area contributed by atoms with Gasteiger partial charge in [-0.15, -0.1) is 0 Å². The van der Waals surface area contributed by atoms with E-state index in [2.05, 4.69) is 0 Å². The molecule has 122 valence electrons. The van der Waals surface area contributed by atoms with E-state index in [0.717, 1.165) is 41.5 Å². The van der Waals surface area contributed by atoms with Crippen LogP contribution < -0.4 is 0 Å². The molecule has 2 bridgehead atoms. The van der Waals surface area contributed by atoms with Crippen molar-refractivity contribution in [3.63, 3.8) is 0 Å². The average molecular weight is 339 g/mol. The maximum absolute atomic E-state index is 12.8. The molecule has 0 amide bonds. The Hall–Kier alpha value is -2.06. The second kappa shape index (κ2) is 5.78. The first-order valence-corrected chi connectivity index (χ1v) is 8.76. The van der Waals surface area contributed by atoms with Gasteiger partial charge in [0.25, 0.3) is 0 Å². The predicted octanol–water partition coefficient (Wildman–Crippen LogP) is 5.58. The molecule has 24 heavy (non-hydrogen) atoms. The predicted molar refractivity (Wildman–Crippen MR) is 97.0 cm³/mol. The summed E-state index contributed by atoms with van der Waals surface area (Å²) in [5, 5.41) is 11.3. The van der Waals surface area contributed by atoms with E-state index in [1.807, 2.05) is 49.4 Å². The first-order valence-electron chi connectivity index (χ1n) is 8.39. The molecule has 0 unspecified atom stereocenters. The number of hydrogen-bond acceptors (Lipinski definition) is 2. The van der Waals surface area contributed by atoms with Crippen molar-refractivity contribution in [1.82, 2.24) is 0 Å². The number of aryl methyl sites for hydroxylation is 1. The van der Waals surface area contributed by atoms with Crippen molar-refractivity contribution >= 4 is 23.0 Å². The largest absolute Gasteiger partial charge is 0.511 e. The molecule has 1 saturated carbocycles. The number of fused-ring (bicyclic) bond motifs is 2. The number of benzene rings is 2. The number of aliphatic hydroxyl groups excluding tert-OH is 1. The maximum atomic E-state index is 12.8. The van der Waals surface area contributed by atoms with Crippen LogP contribution in [0.15, 0.2) is 48.2 Å². The van der Waals surface area contributed by atoms with Gasteiger partial charge >= 0.3 is 0 Å². The molecular formula is C21H19ClO2. The molecule has 2 aliphatic rings. The molecule has 0 heterocycles. The zero-order chi connectivity index (χ0) is 16.8. The van der Waals surface area contributed by atoms with Crippen molar-refractivity contribution in [3.05, 3.63) is 64.4 Å². The molecule has 1 N–H and O–H groups in total. The third-order valence-electron chi connectivity index (χ3n) is 5.38. The minimum atomic E-state index is 0.0829. The van der Waals surface area contributed by atoms with Gasteiger partial charge in [-0.05, 0) is 66.6 Å². The summed E-state index contributed by atoms with van der Waals surface area (Å²) in [6, 6.07) is 13.7. The SMILES string of the molecule is Cc1ccc(-c2ccc(Cl)cc2)cc1C1=C(O)[C@@H]2CC[C@H](C2)C1=O. The highest BCUT2D eigenvalue weighted by atomic mass is 35.5. The molecule has 0 spiro atoms. The van der Waals surface area contributed by atoms with Crippen molar-refractivity contribution in [3.8, 4) is 11.1 Å². The van der Waals surface area contributed by atoms with Crippen LogP contribution in [0.3, 0.4) is 0 Å². The van der Waals surface area contributed by atoms with Crippen molar-refractivity contribution in [2.45, 2.75) is 26.2 Å². The van der Waals surface area contributed by atoms with E-state index in [1.165, 1.54) is 0 Å². The Kier molecular flexibility index (Phi) is 3.73. The number of hydrogen-bond donors (Lipinski definition) is 1. The van der Waals surface area contributed by atoms with Crippen LogP contribution in [0, 0.1) is 18.8 Å². The summed E-state index contributed by atoms with van der Waals surface area (Å²) in [6.07, 6.45) is 2.62. The number of carbonyl (C=O) groups is 1. The standard InChI is InChI=1S/C21H19ClO2/c1-12-2-3-14(13-6-8-17(22)9-7-13)11-18(12)19-20(23)15-4-5-16(10-15)21(19)24/h2-3,6-9,11,15-16,23H,4-5,10H2,1H3/t15-,16-/m1/s1. The summed E-state index contributed by atoms with van der Waals surface area (Å²) >= 11 is 5.97. The number of rotatable bonds is 2. The van der Waals surface area contributed by atoms with Gasteiger partial charge < -0.3 is 5.11 Å². The molecule has 2 aliphatic carbocycles. The first-order chi connectivity index (χ1) is 11.5. The number of Topliss-reactive ketones (excluding diaryl/α,β-unsaturated/α-hetero) is 1. The molecule has 0 saturated heterocycles. The highest BCUT2D eigenvalue weighted by Gasteiger charge is 2.41. The Labute approximate surface area is 146 Å². The normalized spacial score (nSPS) is 23.0. The number of carbonyl (C=O) groups excluding carboxylic acids is 1. The fourth-order valence-electron chi connectivity index (χ4n) is 3.99. The van der Waals surface area contributed by atoms with E-state index in [9.17, 15) is 9.90 Å². The lowest BCUT2D eigenvalue weighted by Crippen LogP contribution is -2.21. The Morgan fingerprint density at radius 2 is 1.67 bits per heavy atom. The Balaban J connectivity index is 1.84. The second-order valence-corrected chi connectivity index (χ2v) is 7.30. The summed E-state index contributed by atoms with van der Waals surface area (Å²) in [7, 11) is 0. The van der Waals surface area contributed by atoms with Gasteiger partial charge in [0.2, 0.25) is 0 Å². The third-order valence-corrected chi connectivity index (χ3v) is 5.63. The van der Waals surface area contributed by atoms with Crippen LogP contribution in [0.2, 0.25) is 5.02 Å². The van der Waals surface area contributed by atoms with Gasteiger partial charge in [-0.2, -0.15) is 0 Å². The number of ketones is 1.